The van der Waals surface area contributed by atoms with Crippen LogP contribution in [0.2, 0.25) is 0 Å². The normalized spacial score (nSPS) is 10.5. The number of halogens is 1. The summed E-state index contributed by atoms with van der Waals surface area (Å²) < 4.78 is 14.5. The SMILES string of the molecule is CSc1cccc(NC(=O)c2cnn(-c3ccc(F)cc3)c2)c1. The maximum atomic E-state index is 12.9. The molecular formula is C17H14FN3OS. The summed E-state index contributed by atoms with van der Waals surface area (Å²) in [6.07, 6.45) is 5.08. The number of anilines is 1. The summed E-state index contributed by atoms with van der Waals surface area (Å²) >= 11 is 1.61. The predicted molar refractivity (Wildman–Crippen MR) is 89.7 cm³/mol. The quantitative estimate of drug-likeness (QED) is 0.737. The van der Waals surface area contributed by atoms with Gasteiger partial charge in [0, 0.05) is 16.8 Å². The zero-order valence-corrected chi connectivity index (χ0v) is 13.2. The van der Waals surface area contributed by atoms with Crippen molar-refractivity contribution >= 4 is 23.4 Å². The molecule has 2 aromatic carbocycles. The van der Waals surface area contributed by atoms with Gasteiger partial charge in [-0.25, -0.2) is 9.07 Å². The minimum atomic E-state index is -0.312. The fourth-order valence-corrected chi connectivity index (χ4v) is 2.54. The summed E-state index contributed by atoms with van der Waals surface area (Å²) in [6, 6.07) is 13.5. The van der Waals surface area contributed by atoms with E-state index in [9.17, 15) is 9.18 Å². The second kappa shape index (κ2) is 6.66. The van der Waals surface area contributed by atoms with Crippen LogP contribution in [0.3, 0.4) is 0 Å². The van der Waals surface area contributed by atoms with E-state index in [-0.39, 0.29) is 11.7 Å². The van der Waals surface area contributed by atoms with Crippen LogP contribution in [0.25, 0.3) is 5.69 Å². The molecule has 3 aromatic rings. The highest BCUT2D eigenvalue weighted by Crippen LogP contribution is 2.19. The van der Waals surface area contributed by atoms with Crippen molar-refractivity contribution in [2.75, 3.05) is 11.6 Å². The maximum absolute atomic E-state index is 12.9. The second-order valence-electron chi connectivity index (χ2n) is 4.84. The molecule has 0 saturated heterocycles. The first-order chi connectivity index (χ1) is 11.2. The fraction of sp³-hybridized carbons (Fsp3) is 0.0588. The summed E-state index contributed by atoms with van der Waals surface area (Å²) in [5.41, 5.74) is 1.86. The molecule has 6 heteroatoms. The number of amides is 1. The smallest absolute Gasteiger partial charge is 0.258 e. The number of benzene rings is 2. The van der Waals surface area contributed by atoms with Crippen LogP contribution in [0.4, 0.5) is 10.1 Å². The van der Waals surface area contributed by atoms with Gasteiger partial charge in [-0.3, -0.25) is 4.79 Å². The van der Waals surface area contributed by atoms with Gasteiger partial charge in [0.2, 0.25) is 0 Å². The lowest BCUT2D eigenvalue weighted by atomic mass is 10.3. The summed E-state index contributed by atoms with van der Waals surface area (Å²) in [5.74, 6) is -0.552. The molecule has 0 spiro atoms. The predicted octanol–water partition coefficient (Wildman–Crippen LogP) is 3.99. The Morgan fingerprint density at radius 3 is 2.74 bits per heavy atom. The molecule has 0 aliphatic rings. The number of nitrogens with one attached hydrogen (secondary N) is 1. The third-order valence-electron chi connectivity index (χ3n) is 3.26. The first kappa shape index (κ1) is 15.3. The van der Waals surface area contributed by atoms with E-state index >= 15 is 0 Å². The average Bonchev–Trinajstić information content (AvgIpc) is 3.06. The van der Waals surface area contributed by atoms with E-state index in [0.29, 0.717) is 11.3 Å². The van der Waals surface area contributed by atoms with Crippen molar-refractivity contribution < 1.29 is 9.18 Å². The number of nitrogens with zero attached hydrogens (tertiary/aromatic N) is 2. The van der Waals surface area contributed by atoms with Gasteiger partial charge in [0.15, 0.2) is 0 Å². The van der Waals surface area contributed by atoms with Crippen molar-refractivity contribution in [3.05, 3.63) is 72.3 Å². The van der Waals surface area contributed by atoms with E-state index in [0.717, 1.165) is 10.6 Å². The molecule has 1 amide bonds. The molecule has 0 radical (unpaired) electrons. The van der Waals surface area contributed by atoms with Crippen molar-refractivity contribution in [2.45, 2.75) is 4.90 Å². The Bertz CT molecular complexity index is 830. The minimum Gasteiger partial charge on any atom is -0.322 e. The minimum absolute atomic E-state index is 0.239. The van der Waals surface area contributed by atoms with E-state index in [1.165, 1.54) is 23.0 Å². The summed E-state index contributed by atoms with van der Waals surface area (Å²) in [5, 5.41) is 6.98. The number of carbonyl (C=O) groups excluding carboxylic acids is 1. The zero-order chi connectivity index (χ0) is 16.2. The second-order valence-corrected chi connectivity index (χ2v) is 5.72. The van der Waals surface area contributed by atoms with Gasteiger partial charge in [-0.15, -0.1) is 11.8 Å². The van der Waals surface area contributed by atoms with Crippen LogP contribution < -0.4 is 5.32 Å². The van der Waals surface area contributed by atoms with Gasteiger partial charge in [0.05, 0.1) is 17.4 Å². The lowest BCUT2D eigenvalue weighted by Gasteiger charge is -2.05. The fourth-order valence-electron chi connectivity index (χ4n) is 2.08. The first-order valence-corrected chi connectivity index (χ1v) is 8.14. The van der Waals surface area contributed by atoms with E-state index in [2.05, 4.69) is 10.4 Å². The van der Waals surface area contributed by atoms with E-state index in [1.807, 2.05) is 30.5 Å². The lowest BCUT2D eigenvalue weighted by Crippen LogP contribution is -2.11. The van der Waals surface area contributed by atoms with Crippen LogP contribution in [-0.4, -0.2) is 21.9 Å². The van der Waals surface area contributed by atoms with Crippen molar-refractivity contribution in [1.29, 1.82) is 0 Å². The number of thioether (sulfide) groups is 1. The van der Waals surface area contributed by atoms with Crippen molar-refractivity contribution in [1.82, 2.24) is 9.78 Å². The number of rotatable bonds is 4. The number of hydrogen-bond donors (Lipinski definition) is 1. The third-order valence-corrected chi connectivity index (χ3v) is 3.99. The van der Waals surface area contributed by atoms with Gasteiger partial charge >= 0.3 is 0 Å². The lowest BCUT2D eigenvalue weighted by molar-refractivity contribution is 0.102. The Hall–Kier alpha value is -2.60. The van der Waals surface area contributed by atoms with Crippen LogP contribution in [0, 0.1) is 5.82 Å². The van der Waals surface area contributed by atoms with Gasteiger partial charge in [-0.05, 0) is 48.7 Å². The highest BCUT2D eigenvalue weighted by Gasteiger charge is 2.10. The summed E-state index contributed by atoms with van der Waals surface area (Å²) in [6.45, 7) is 0. The molecule has 0 aliphatic carbocycles. The maximum Gasteiger partial charge on any atom is 0.258 e. The molecule has 0 bridgehead atoms. The van der Waals surface area contributed by atoms with E-state index < -0.39 is 0 Å². The molecule has 1 aromatic heterocycles. The topological polar surface area (TPSA) is 46.9 Å². The highest BCUT2D eigenvalue weighted by molar-refractivity contribution is 7.98. The molecule has 0 unspecified atom stereocenters. The van der Waals surface area contributed by atoms with Crippen molar-refractivity contribution in [2.24, 2.45) is 0 Å². The van der Waals surface area contributed by atoms with Gasteiger partial charge in [0.25, 0.3) is 5.91 Å². The van der Waals surface area contributed by atoms with Crippen LogP contribution in [0.15, 0.2) is 65.8 Å². The molecule has 0 atom stereocenters. The molecule has 0 aliphatic heterocycles. The van der Waals surface area contributed by atoms with Crippen LogP contribution in [0.1, 0.15) is 10.4 Å². The summed E-state index contributed by atoms with van der Waals surface area (Å²) in [4.78, 5) is 13.4. The van der Waals surface area contributed by atoms with Crippen LogP contribution in [0.5, 0.6) is 0 Å². The molecule has 116 valence electrons. The van der Waals surface area contributed by atoms with Gasteiger partial charge < -0.3 is 5.32 Å². The highest BCUT2D eigenvalue weighted by atomic mass is 32.2. The molecular weight excluding hydrogens is 313 g/mol. The Kier molecular flexibility index (Phi) is 4.43. The van der Waals surface area contributed by atoms with E-state index in [4.69, 9.17) is 0 Å². The molecule has 4 nitrogen and oxygen atoms in total. The third kappa shape index (κ3) is 3.60. The number of carbonyl (C=O) groups is 1. The molecule has 1 heterocycles. The largest absolute Gasteiger partial charge is 0.322 e. The van der Waals surface area contributed by atoms with E-state index in [1.54, 1.807) is 30.1 Å². The molecule has 1 N–H and O–H groups in total. The zero-order valence-electron chi connectivity index (χ0n) is 12.4. The standard InChI is InChI=1S/C17H14FN3OS/c1-23-16-4-2-3-14(9-16)20-17(22)12-10-19-21(11-12)15-7-5-13(18)6-8-15/h2-11H,1H3,(H,20,22). The Morgan fingerprint density at radius 1 is 1.22 bits per heavy atom. The molecule has 0 saturated carbocycles. The molecule has 3 rings (SSSR count). The summed E-state index contributed by atoms with van der Waals surface area (Å²) in [7, 11) is 0. The number of hydrogen-bond acceptors (Lipinski definition) is 3. The van der Waals surface area contributed by atoms with Gasteiger partial charge in [0.1, 0.15) is 5.82 Å². The average molecular weight is 327 g/mol. The Balaban J connectivity index is 1.76. The van der Waals surface area contributed by atoms with Crippen molar-refractivity contribution in [3.63, 3.8) is 0 Å². The number of aromatic nitrogens is 2. The van der Waals surface area contributed by atoms with Crippen LogP contribution >= 0.6 is 11.8 Å². The van der Waals surface area contributed by atoms with Gasteiger partial charge in [-0.2, -0.15) is 5.10 Å². The monoisotopic (exact) mass is 327 g/mol. The van der Waals surface area contributed by atoms with Crippen molar-refractivity contribution in [3.8, 4) is 5.69 Å². The van der Waals surface area contributed by atoms with Crippen LogP contribution in [-0.2, 0) is 0 Å². The Morgan fingerprint density at radius 2 is 2.00 bits per heavy atom. The first-order valence-electron chi connectivity index (χ1n) is 6.92. The Labute approximate surface area is 137 Å². The van der Waals surface area contributed by atoms with Gasteiger partial charge in [-0.1, -0.05) is 6.07 Å². The molecule has 0 fully saturated rings. The molecule has 23 heavy (non-hydrogen) atoms.